The number of nitrogens with zero attached hydrogens (tertiary/aromatic N) is 2. The standard InChI is InChI=1S/C11H11Cl2N3O/c1-2-9(14)11-16-15-10(17-11)7-5-6(12)3-4-8(7)13/h3-5,9H,2,14H2,1H3. The molecule has 0 fully saturated rings. The van der Waals surface area contributed by atoms with Crippen molar-refractivity contribution in [1.29, 1.82) is 0 Å². The molecule has 0 saturated carbocycles. The Morgan fingerprint density at radius 3 is 2.82 bits per heavy atom. The fourth-order valence-corrected chi connectivity index (χ4v) is 1.70. The summed E-state index contributed by atoms with van der Waals surface area (Å²) in [5.74, 6) is 0.731. The summed E-state index contributed by atoms with van der Waals surface area (Å²) in [5, 5.41) is 8.88. The fourth-order valence-electron chi connectivity index (χ4n) is 1.33. The van der Waals surface area contributed by atoms with Crippen molar-refractivity contribution in [3.63, 3.8) is 0 Å². The van der Waals surface area contributed by atoms with E-state index in [2.05, 4.69) is 10.2 Å². The molecule has 17 heavy (non-hydrogen) atoms. The maximum atomic E-state index is 6.04. The zero-order valence-electron chi connectivity index (χ0n) is 9.15. The van der Waals surface area contributed by atoms with Crippen LogP contribution in [0.2, 0.25) is 10.0 Å². The summed E-state index contributed by atoms with van der Waals surface area (Å²) in [6.45, 7) is 1.95. The van der Waals surface area contributed by atoms with Gasteiger partial charge in [0.05, 0.1) is 16.6 Å². The molecule has 1 aromatic carbocycles. The van der Waals surface area contributed by atoms with Gasteiger partial charge in [-0.3, -0.25) is 0 Å². The van der Waals surface area contributed by atoms with Gasteiger partial charge in [0, 0.05) is 5.02 Å². The summed E-state index contributed by atoms with van der Waals surface area (Å²) in [7, 11) is 0. The van der Waals surface area contributed by atoms with Crippen molar-refractivity contribution in [2.75, 3.05) is 0 Å². The van der Waals surface area contributed by atoms with E-state index in [0.717, 1.165) is 6.42 Å². The lowest BCUT2D eigenvalue weighted by atomic mass is 10.2. The highest BCUT2D eigenvalue weighted by molar-refractivity contribution is 6.35. The second-order valence-electron chi connectivity index (χ2n) is 3.58. The second kappa shape index (κ2) is 5.04. The molecular weight excluding hydrogens is 261 g/mol. The monoisotopic (exact) mass is 271 g/mol. The summed E-state index contributed by atoms with van der Waals surface area (Å²) in [4.78, 5) is 0. The molecule has 90 valence electrons. The van der Waals surface area contributed by atoms with Crippen LogP contribution < -0.4 is 5.73 Å². The van der Waals surface area contributed by atoms with Gasteiger partial charge in [-0.25, -0.2) is 0 Å². The van der Waals surface area contributed by atoms with Gasteiger partial charge in [-0.1, -0.05) is 30.1 Å². The molecule has 0 aliphatic carbocycles. The minimum atomic E-state index is -0.255. The normalized spacial score (nSPS) is 12.7. The minimum Gasteiger partial charge on any atom is -0.419 e. The van der Waals surface area contributed by atoms with E-state index in [9.17, 15) is 0 Å². The summed E-state index contributed by atoms with van der Waals surface area (Å²) in [6, 6.07) is 4.80. The van der Waals surface area contributed by atoms with E-state index in [1.807, 2.05) is 6.92 Å². The first-order valence-corrected chi connectivity index (χ1v) is 5.91. The predicted octanol–water partition coefficient (Wildman–Crippen LogP) is 3.45. The highest BCUT2D eigenvalue weighted by Crippen LogP contribution is 2.30. The Kier molecular flexibility index (Phi) is 3.66. The quantitative estimate of drug-likeness (QED) is 0.929. The van der Waals surface area contributed by atoms with Crippen LogP contribution in [-0.2, 0) is 0 Å². The SMILES string of the molecule is CCC(N)c1nnc(-c2cc(Cl)ccc2Cl)o1. The number of benzene rings is 1. The molecule has 0 spiro atoms. The van der Waals surface area contributed by atoms with Gasteiger partial charge < -0.3 is 10.2 Å². The Balaban J connectivity index is 2.40. The number of halogens is 2. The van der Waals surface area contributed by atoms with Gasteiger partial charge in [-0.15, -0.1) is 10.2 Å². The fraction of sp³-hybridized carbons (Fsp3) is 0.273. The minimum absolute atomic E-state index is 0.255. The summed E-state index contributed by atoms with van der Waals surface area (Å²) in [6.07, 6.45) is 0.727. The zero-order chi connectivity index (χ0) is 12.4. The average molecular weight is 272 g/mol. The smallest absolute Gasteiger partial charge is 0.249 e. The molecule has 6 heteroatoms. The van der Waals surface area contributed by atoms with Crippen LogP contribution >= 0.6 is 23.2 Å². The molecule has 1 atom stereocenters. The van der Waals surface area contributed by atoms with Crippen molar-refractivity contribution in [2.45, 2.75) is 19.4 Å². The zero-order valence-corrected chi connectivity index (χ0v) is 10.7. The van der Waals surface area contributed by atoms with Crippen molar-refractivity contribution in [2.24, 2.45) is 5.73 Å². The largest absolute Gasteiger partial charge is 0.419 e. The van der Waals surface area contributed by atoms with Crippen molar-refractivity contribution in [1.82, 2.24) is 10.2 Å². The van der Waals surface area contributed by atoms with Crippen LogP contribution in [0.1, 0.15) is 25.3 Å². The van der Waals surface area contributed by atoms with E-state index in [-0.39, 0.29) is 6.04 Å². The molecule has 0 amide bonds. The maximum absolute atomic E-state index is 6.04. The molecular formula is C11H11Cl2N3O. The molecule has 0 aliphatic rings. The van der Waals surface area contributed by atoms with Crippen LogP contribution in [-0.4, -0.2) is 10.2 Å². The molecule has 0 saturated heterocycles. The van der Waals surface area contributed by atoms with E-state index in [1.54, 1.807) is 18.2 Å². The molecule has 4 nitrogen and oxygen atoms in total. The molecule has 2 rings (SSSR count). The Morgan fingerprint density at radius 1 is 1.35 bits per heavy atom. The lowest BCUT2D eigenvalue weighted by molar-refractivity contribution is 0.452. The third kappa shape index (κ3) is 2.60. The third-order valence-corrected chi connectivity index (χ3v) is 2.92. The summed E-state index contributed by atoms with van der Waals surface area (Å²) >= 11 is 11.9. The Labute approximate surface area is 109 Å². The van der Waals surface area contributed by atoms with Crippen LogP contribution in [0, 0.1) is 0 Å². The van der Waals surface area contributed by atoms with E-state index in [4.69, 9.17) is 33.4 Å². The first-order chi connectivity index (χ1) is 8.11. The molecule has 0 radical (unpaired) electrons. The van der Waals surface area contributed by atoms with Gasteiger partial charge in [-0.05, 0) is 24.6 Å². The van der Waals surface area contributed by atoms with Gasteiger partial charge in [0.2, 0.25) is 11.8 Å². The Morgan fingerprint density at radius 2 is 2.12 bits per heavy atom. The topological polar surface area (TPSA) is 64.9 Å². The molecule has 1 aromatic heterocycles. The van der Waals surface area contributed by atoms with Crippen LogP contribution in [0.3, 0.4) is 0 Å². The second-order valence-corrected chi connectivity index (χ2v) is 4.43. The Hall–Kier alpha value is -1.10. The van der Waals surface area contributed by atoms with Gasteiger partial charge in [0.25, 0.3) is 0 Å². The lowest BCUT2D eigenvalue weighted by Gasteiger charge is -2.01. The lowest BCUT2D eigenvalue weighted by Crippen LogP contribution is -2.08. The van der Waals surface area contributed by atoms with E-state index in [1.165, 1.54) is 0 Å². The van der Waals surface area contributed by atoms with Gasteiger partial charge in [-0.2, -0.15) is 0 Å². The number of aromatic nitrogens is 2. The van der Waals surface area contributed by atoms with Crippen molar-refractivity contribution >= 4 is 23.2 Å². The number of nitrogens with two attached hydrogens (primary N) is 1. The predicted molar refractivity (Wildman–Crippen MR) is 67.0 cm³/mol. The molecule has 1 unspecified atom stereocenters. The van der Waals surface area contributed by atoms with Crippen molar-refractivity contribution < 1.29 is 4.42 Å². The van der Waals surface area contributed by atoms with Crippen LogP contribution in [0.5, 0.6) is 0 Å². The number of hydrogen-bond acceptors (Lipinski definition) is 4. The van der Waals surface area contributed by atoms with Gasteiger partial charge in [0.1, 0.15) is 0 Å². The van der Waals surface area contributed by atoms with E-state index >= 15 is 0 Å². The molecule has 2 aromatic rings. The Bertz CT molecular complexity index is 527. The summed E-state index contributed by atoms with van der Waals surface area (Å²) < 4.78 is 5.47. The summed E-state index contributed by atoms with van der Waals surface area (Å²) in [5.41, 5.74) is 6.41. The first-order valence-electron chi connectivity index (χ1n) is 5.16. The highest BCUT2D eigenvalue weighted by atomic mass is 35.5. The number of hydrogen-bond donors (Lipinski definition) is 1. The molecule has 2 N–H and O–H groups in total. The highest BCUT2D eigenvalue weighted by Gasteiger charge is 2.15. The first kappa shape index (κ1) is 12.4. The third-order valence-electron chi connectivity index (χ3n) is 2.36. The van der Waals surface area contributed by atoms with E-state index in [0.29, 0.717) is 27.4 Å². The van der Waals surface area contributed by atoms with Crippen LogP contribution in [0.25, 0.3) is 11.5 Å². The van der Waals surface area contributed by atoms with Crippen molar-refractivity contribution in [3.8, 4) is 11.5 Å². The van der Waals surface area contributed by atoms with Crippen LogP contribution in [0.15, 0.2) is 22.6 Å². The van der Waals surface area contributed by atoms with Gasteiger partial charge >= 0.3 is 0 Å². The molecule has 0 bridgehead atoms. The molecule has 0 aliphatic heterocycles. The van der Waals surface area contributed by atoms with Crippen molar-refractivity contribution in [3.05, 3.63) is 34.1 Å². The number of rotatable bonds is 3. The molecule has 1 heterocycles. The van der Waals surface area contributed by atoms with Gasteiger partial charge in [0.15, 0.2) is 0 Å². The van der Waals surface area contributed by atoms with Crippen LogP contribution in [0.4, 0.5) is 0 Å². The maximum Gasteiger partial charge on any atom is 0.249 e. The van der Waals surface area contributed by atoms with E-state index < -0.39 is 0 Å². The average Bonchev–Trinajstić information content (AvgIpc) is 2.80.